The van der Waals surface area contributed by atoms with E-state index in [1.54, 1.807) is 6.07 Å². The van der Waals surface area contributed by atoms with Crippen LogP contribution in [0.4, 0.5) is 0 Å². The summed E-state index contributed by atoms with van der Waals surface area (Å²) in [4.78, 5) is 0. The zero-order valence-corrected chi connectivity index (χ0v) is 8.80. The molecule has 0 bridgehead atoms. The number of hydrogen-bond acceptors (Lipinski definition) is 1. The molecule has 0 aromatic heterocycles. The van der Waals surface area contributed by atoms with E-state index < -0.39 is 0 Å². The van der Waals surface area contributed by atoms with Gasteiger partial charge in [0, 0.05) is 9.86 Å². The van der Waals surface area contributed by atoms with E-state index in [9.17, 15) is 5.11 Å². The average Bonchev–Trinajstić information content (AvgIpc) is 2.12. The number of phenols is 1. The molecule has 2 heteroatoms. The van der Waals surface area contributed by atoms with Gasteiger partial charge in [-0.15, -0.1) is 0 Å². The Morgan fingerprint density at radius 3 is 2.69 bits per heavy atom. The molecule has 1 N–H and O–H groups in total. The van der Waals surface area contributed by atoms with Gasteiger partial charge < -0.3 is 5.11 Å². The Morgan fingerprint density at radius 2 is 1.92 bits per heavy atom. The van der Waals surface area contributed by atoms with Crippen LogP contribution in [0, 0.1) is 6.92 Å². The lowest BCUT2D eigenvalue weighted by Gasteiger charge is -2.05. The van der Waals surface area contributed by atoms with Crippen molar-refractivity contribution >= 4 is 26.7 Å². The standard InChI is InChI=1S/C11H9BrO/c1-7-9(12)6-5-8-3-2-4-10(13)11(7)8/h2-6,13H,1H3. The number of halogens is 1. The van der Waals surface area contributed by atoms with Crippen molar-refractivity contribution in [2.24, 2.45) is 0 Å². The SMILES string of the molecule is Cc1c(Br)ccc2cccc(O)c12. The lowest BCUT2D eigenvalue weighted by Crippen LogP contribution is -1.80. The molecule has 0 radical (unpaired) electrons. The van der Waals surface area contributed by atoms with Gasteiger partial charge in [0.2, 0.25) is 0 Å². The Morgan fingerprint density at radius 1 is 1.15 bits per heavy atom. The molecule has 0 aliphatic heterocycles. The van der Waals surface area contributed by atoms with Gasteiger partial charge in [0.05, 0.1) is 0 Å². The van der Waals surface area contributed by atoms with Gasteiger partial charge in [0.1, 0.15) is 5.75 Å². The maximum Gasteiger partial charge on any atom is 0.123 e. The number of fused-ring (bicyclic) bond motifs is 1. The van der Waals surface area contributed by atoms with Gasteiger partial charge in [-0.3, -0.25) is 0 Å². The molecule has 2 aromatic carbocycles. The molecule has 0 amide bonds. The Hall–Kier alpha value is -1.02. The first-order chi connectivity index (χ1) is 6.20. The second-order valence-electron chi connectivity index (χ2n) is 3.05. The molecular weight excluding hydrogens is 228 g/mol. The van der Waals surface area contributed by atoms with E-state index in [0.29, 0.717) is 5.75 Å². The monoisotopic (exact) mass is 236 g/mol. The van der Waals surface area contributed by atoms with Gasteiger partial charge in [-0.05, 0) is 30.0 Å². The second kappa shape index (κ2) is 3.04. The lowest BCUT2D eigenvalue weighted by molar-refractivity contribution is 0.481. The third-order valence-corrected chi connectivity index (χ3v) is 3.08. The molecule has 2 aromatic rings. The lowest BCUT2D eigenvalue weighted by atomic mass is 10.1. The van der Waals surface area contributed by atoms with Gasteiger partial charge in [0.15, 0.2) is 0 Å². The molecule has 0 spiro atoms. The highest BCUT2D eigenvalue weighted by atomic mass is 79.9. The molecule has 1 nitrogen and oxygen atoms in total. The Labute approximate surface area is 85.1 Å². The van der Waals surface area contributed by atoms with Crippen LogP contribution >= 0.6 is 15.9 Å². The summed E-state index contributed by atoms with van der Waals surface area (Å²) in [6.45, 7) is 1.99. The number of benzene rings is 2. The number of rotatable bonds is 0. The minimum Gasteiger partial charge on any atom is -0.507 e. The van der Waals surface area contributed by atoms with Gasteiger partial charge >= 0.3 is 0 Å². The van der Waals surface area contributed by atoms with Crippen LogP contribution in [-0.4, -0.2) is 5.11 Å². The summed E-state index contributed by atoms with van der Waals surface area (Å²) in [6.07, 6.45) is 0. The van der Waals surface area contributed by atoms with Gasteiger partial charge in [0.25, 0.3) is 0 Å². The zero-order chi connectivity index (χ0) is 9.42. The molecular formula is C11H9BrO. The van der Waals surface area contributed by atoms with Crippen molar-refractivity contribution in [3.05, 3.63) is 40.4 Å². The summed E-state index contributed by atoms with van der Waals surface area (Å²) < 4.78 is 1.03. The summed E-state index contributed by atoms with van der Waals surface area (Å²) >= 11 is 3.44. The van der Waals surface area contributed by atoms with E-state index in [1.807, 2.05) is 31.2 Å². The number of aromatic hydroxyl groups is 1. The van der Waals surface area contributed by atoms with Crippen molar-refractivity contribution in [1.82, 2.24) is 0 Å². The van der Waals surface area contributed by atoms with Crippen molar-refractivity contribution in [2.45, 2.75) is 6.92 Å². The van der Waals surface area contributed by atoms with E-state index in [0.717, 1.165) is 20.8 Å². The summed E-state index contributed by atoms with van der Waals surface area (Å²) in [5.41, 5.74) is 1.08. The van der Waals surface area contributed by atoms with Crippen LogP contribution in [0.1, 0.15) is 5.56 Å². The number of phenolic OH excluding ortho intramolecular Hbond substituents is 1. The smallest absolute Gasteiger partial charge is 0.123 e. The van der Waals surface area contributed by atoms with Crippen LogP contribution in [0.2, 0.25) is 0 Å². The van der Waals surface area contributed by atoms with Crippen LogP contribution in [0.5, 0.6) is 5.75 Å². The fourth-order valence-electron chi connectivity index (χ4n) is 1.51. The molecule has 13 heavy (non-hydrogen) atoms. The van der Waals surface area contributed by atoms with Crippen molar-refractivity contribution in [3.63, 3.8) is 0 Å². The Bertz CT molecular complexity index is 463. The fraction of sp³-hybridized carbons (Fsp3) is 0.0909. The van der Waals surface area contributed by atoms with E-state index in [2.05, 4.69) is 15.9 Å². The molecule has 0 saturated carbocycles. The first-order valence-corrected chi connectivity index (χ1v) is 4.86. The third kappa shape index (κ3) is 1.31. The van der Waals surface area contributed by atoms with Crippen molar-refractivity contribution in [3.8, 4) is 5.75 Å². The zero-order valence-electron chi connectivity index (χ0n) is 7.21. The summed E-state index contributed by atoms with van der Waals surface area (Å²) in [7, 11) is 0. The Kier molecular flexibility index (Phi) is 2.00. The molecule has 0 heterocycles. The number of hydrogen-bond donors (Lipinski definition) is 1. The molecule has 0 atom stereocenters. The van der Waals surface area contributed by atoms with Gasteiger partial charge in [-0.25, -0.2) is 0 Å². The minimum absolute atomic E-state index is 0.344. The second-order valence-corrected chi connectivity index (χ2v) is 3.90. The van der Waals surface area contributed by atoms with Crippen LogP contribution in [0.3, 0.4) is 0 Å². The van der Waals surface area contributed by atoms with E-state index >= 15 is 0 Å². The molecule has 0 unspecified atom stereocenters. The van der Waals surface area contributed by atoms with Crippen molar-refractivity contribution in [2.75, 3.05) is 0 Å². The summed E-state index contributed by atoms with van der Waals surface area (Å²) in [5.74, 6) is 0.344. The van der Waals surface area contributed by atoms with Gasteiger partial charge in [-0.1, -0.05) is 34.1 Å². The highest BCUT2D eigenvalue weighted by Crippen LogP contribution is 2.31. The first kappa shape index (κ1) is 8.57. The highest BCUT2D eigenvalue weighted by molar-refractivity contribution is 9.10. The molecule has 0 aliphatic rings. The maximum absolute atomic E-state index is 9.66. The summed E-state index contributed by atoms with van der Waals surface area (Å²) in [5, 5.41) is 11.7. The van der Waals surface area contributed by atoms with Crippen LogP contribution in [0.25, 0.3) is 10.8 Å². The predicted molar refractivity (Wildman–Crippen MR) is 58.0 cm³/mol. The molecule has 0 fully saturated rings. The normalized spacial score (nSPS) is 10.6. The average molecular weight is 237 g/mol. The van der Waals surface area contributed by atoms with E-state index in [-0.39, 0.29) is 0 Å². The molecule has 66 valence electrons. The van der Waals surface area contributed by atoms with Crippen LogP contribution in [0.15, 0.2) is 34.8 Å². The van der Waals surface area contributed by atoms with Crippen LogP contribution in [-0.2, 0) is 0 Å². The first-order valence-electron chi connectivity index (χ1n) is 4.07. The number of aryl methyl sites for hydroxylation is 1. The predicted octanol–water partition coefficient (Wildman–Crippen LogP) is 3.62. The Balaban J connectivity index is 2.97. The van der Waals surface area contributed by atoms with Crippen LogP contribution < -0.4 is 0 Å². The van der Waals surface area contributed by atoms with E-state index in [4.69, 9.17) is 0 Å². The van der Waals surface area contributed by atoms with Crippen molar-refractivity contribution in [1.29, 1.82) is 0 Å². The molecule has 2 rings (SSSR count). The third-order valence-electron chi connectivity index (χ3n) is 2.22. The summed E-state index contributed by atoms with van der Waals surface area (Å²) in [6, 6.07) is 9.55. The van der Waals surface area contributed by atoms with Crippen molar-refractivity contribution < 1.29 is 5.11 Å². The molecule has 0 aliphatic carbocycles. The maximum atomic E-state index is 9.66. The highest BCUT2D eigenvalue weighted by Gasteiger charge is 2.04. The minimum atomic E-state index is 0.344. The fourth-order valence-corrected chi connectivity index (χ4v) is 1.84. The topological polar surface area (TPSA) is 20.2 Å². The quantitative estimate of drug-likeness (QED) is 0.741. The van der Waals surface area contributed by atoms with E-state index in [1.165, 1.54) is 0 Å². The molecule has 0 saturated heterocycles. The largest absolute Gasteiger partial charge is 0.507 e. The van der Waals surface area contributed by atoms with Gasteiger partial charge in [-0.2, -0.15) is 0 Å².